The van der Waals surface area contributed by atoms with Crippen molar-refractivity contribution in [3.63, 3.8) is 0 Å². The smallest absolute Gasteiger partial charge is 0.0846 e. The second-order valence-electron chi connectivity index (χ2n) is 4.35. The van der Waals surface area contributed by atoms with Crippen molar-refractivity contribution in [3.8, 4) is 0 Å². The van der Waals surface area contributed by atoms with E-state index in [0.717, 1.165) is 22.6 Å². The highest BCUT2D eigenvalue weighted by Gasteiger charge is 2.12. The lowest BCUT2D eigenvalue weighted by atomic mass is 10.1. The fourth-order valence-corrected chi connectivity index (χ4v) is 1.95. The molecule has 0 fully saturated rings. The van der Waals surface area contributed by atoms with Crippen LogP contribution in [0.3, 0.4) is 0 Å². The van der Waals surface area contributed by atoms with E-state index in [4.69, 9.17) is 0 Å². The van der Waals surface area contributed by atoms with E-state index >= 15 is 0 Å². The lowest BCUT2D eigenvalue weighted by molar-refractivity contribution is 0.175. The molecule has 0 saturated carbocycles. The van der Waals surface area contributed by atoms with Crippen LogP contribution in [-0.2, 0) is 13.5 Å². The number of aliphatic hydroxyl groups is 1. The van der Waals surface area contributed by atoms with Gasteiger partial charge in [-0.25, -0.2) is 0 Å². The van der Waals surface area contributed by atoms with Crippen LogP contribution in [0.4, 0.5) is 0 Å². The Morgan fingerprint density at radius 1 is 1.29 bits per heavy atom. The van der Waals surface area contributed by atoms with Crippen LogP contribution >= 0.6 is 0 Å². The Balaban J connectivity index is 2.16. The summed E-state index contributed by atoms with van der Waals surface area (Å²) in [6.07, 6.45) is 1.79. The first-order chi connectivity index (χ1) is 8.06. The molecule has 1 atom stereocenters. The Kier molecular flexibility index (Phi) is 3.24. The molecule has 2 heterocycles. The minimum atomic E-state index is -0.508. The van der Waals surface area contributed by atoms with Crippen LogP contribution in [0.25, 0.3) is 0 Å². The van der Waals surface area contributed by atoms with Crippen molar-refractivity contribution in [3.05, 3.63) is 47.0 Å². The van der Waals surface area contributed by atoms with Crippen molar-refractivity contribution in [2.75, 3.05) is 0 Å². The lowest BCUT2D eigenvalue weighted by Gasteiger charge is -2.11. The standard InChI is InChI=1S/C13H17N3O/c1-9-6-11(4-5-14-9)13(17)8-12-7-10(2)15-16(12)3/h4-7,13,17H,8H2,1-3H3. The van der Waals surface area contributed by atoms with Gasteiger partial charge in [0.05, 0.1) is 11.8 Å². The molecule has 4 heteroatoms. The van der Waals surface area contributed by atoms with Crippen LogP contribution in [0.1, 0.15) is 28.7 Å². The first kappa shape index (κ1) is 11.8. The van der Waals surface area contributed by atoms with Gasteiger partial charge < -0.3 is 5.11 Å². The zero-order chi connectivity index (χ0) is 12.4. The normalized spacial score (nSPS) is 12.7. The Morgan fingerprint density at radius 3 is 2.65 bits per heavy atom. The number of aromatic nitrogens is 3. The largest absolute Gasteiger partial charge is 0.388 e. The van der Waals surface area contributed by atoms with E-state index in [0.29, 0.717) is 6.42 Å². The molecule has 0 aliphatic heterocycles. The van der Waals surface area contributed by atoms with Gasteiger partial charge in [-0.2, -0.15) is 5.10 Å². The molecule has 17 heavy (non-hydrogen) atoms. The number of rotatable bonds is 3. The Morgan fingerprint density at radius 2 is 2.06 bits per heavy atom. The molecule has 2 rings (SSSR count). The zero-order valence-electron chi connectivity index (χ0n) is 10.4. The van der Waals surface area contributed by atoms with Gasteiger partial charge in [-0.05, 0) is 37.6 Å². The van der Waals surface area contributed by atoms with Crippen LogP contribution in [0, 0.1) is 13.8 Å². The molecule has 0 radical (unpaired) electrons. The quantitative estimate of drug-likeness (QED) is 0.874. The average Bonchev–Trinajstić information content (AvgIpc) is 2.57. The van der Waals surface area contributed by atoms with Gasteiger partial charge in [0.1, 0.15) is 0 Å². The molecule has 0 aliphatic rings. The highest BCUT2D eigenvalue weighted by molar-refractivity contribution is 5.20. The fraction of sp³-hybridized carbons (Fsp3) is 0.385. The predicted molar refractivity (Wildman–Crippen MR) is 65.6 cm³/mol. The third-order valence-corrected chi connectivity index (χ3v) is 2.81. The SMILES string of the molecule is Cc1cc(C(O)Cc2cc(C)nn2C)ccn1. The molecule has 4 nitrogen and oxygen atoms in total. The van der Waals surface area contributed by atoms with Gasteiger partial charge in [0.25, 0.3) is 0 Å². The molecule has 90 valence electrons. The Bertz CT molecular complexity index is 519. The van der Waals surface area contributed by atoms with Crippen LogP contribution in [0.15, 0.2) is 24.4 Å². The number of aliphatic hydroxyl groups excluding tert-OH is 1. The van der Waals surface area contributed by atoms with Gasteiger partial charge in [-0.15, -0.1) is 0 Å². The fourth-order valence-electron chi connectivity index (χ4n) is 1.95. The summed E-state index contributed by atoms with van der Waals surface area (Å²) < 4.78 is 1.81. The van der Waals surface area contributed by atoms with Crippen LogP contribution in [0.2, 0.25) is 0 Å². The van der Waals surface area contributed by atoms with Crippen molar-refractivity contribution in [2.45, 2.75) is 26.4 Å². The Labute approximate surface area is 101 Å². The van der Waals surface area contributed by atoms with E-state index in [9.17, 15) is 5.11 Å². The van der Waals surface area contributed by atoms with Gasteiger partial charge >= 0.3 is 0 Å². The summed E-state index contributed by atoms with van der Waals surface area (Å²) in [7, 11) is 1.90. The van der Waals surface area contributed by atoms with E-state index < -0.39 is 6.10 Å². The third kappa shape index (κ3) is 2.71. The highest BCUT2D eigenvalue weighted by atomic mass is 16.3. The van der Waals surface area contributed by atoms with E-state index in [1.54, 1.807) is 6.20 Å². The second kappa shape index (κ2) is 4.67. The minimum Gasteiger partial charge on any atom is -0.388 e. The number of nitrogens with zero attached hydrogens (tertiary/aromatic N) is 3. The van der Waals surface area contributed by atoms with Crippen LogP contribution < -0.4 is 0 Å². The van der Waals surface area contributed by atoms with Gasteiger partial charge in [0.15, 0.2) is 0 Å². The highest BCUT2D eigenvalue weighted by Crippen LogP contribution is 2.18. The van der Waals surface area contributed by atoms with E-state index in [-0.39, 0.29) is 0 Å². The first-order valence-corrected chi connectivity index (χ1v) is 5.66. The van der Waals surface area contributed by atoms with Gasteiger partial charge in [0, 0.05) is 31.1 Å². The van der Waals surface area contributed by atoms with Crippen molar-refractivity contribution in [1.29, 1.82) is 0 Å². The summed E-state index contributed by atoms with van der Waals surface area (Å²) in [4.78, 5) is 4.12. The summed E-state index contributed by atoms with van der Waals surface area (Å²) in [6, 6.07) is 5.76. The number of hydrogen-bond donors (Lipinski definition) is 1. The number of pyridine rings is 1. The van der Waals surface area contributed by atoms with Crippen molar-refractivity contribution < 1.29 is 5.11 Å². The summed E-state index contributed by atoms with van der Waals surface area (Å²) >= 11 is 0. The van der Waals surface area contributed by atoms with E-state index in [1.807, 2.05) is 43.8 Å². The summed E-state index contributed by atoms with van der Waals surface area (Å²) in [5, 5.41) is 14.4. The Hall–Kier alpha value is -1.68. The van der Waals surface area contributed by atoms with E-state index in [1.165, 1.54) is 0 Å². The van der Waals surface area contributed by atoms with Crippen LogP contribution in [0.5, 0.6) is 0 Å². The van der Waals surface area contributed by atoms with Crippen LogP contribution in [-0.4, -0.2) is 19.9 Å². The summed E-state index contributed by atoms with van der Waals surface area (Å²) in [5.74, 6) is 0. The average molecular weight is 231 g/mol. The summed E-state index contributed by atoms with van der Waals surface area (Å²) in [6.45, 7) is 3.87. The molecule has 0 saturated heterocycles. The molecule has 1 unspecified atom stereocenters. The molecular formula is C13H17N3O. The molecule has 0 aromatic carbocycles. The molecular weight excluding hydrogens is 214 g/mol. The number of hydrogen-bond acceptors (Lipinski definition) is 3. The van der Waals surface area contributed by atoms with Crippen molar-refractivity contribution in [2.24, 2.45) is 7.05 Å². The molecule has 2 aromatic rings. The minimum absolute atomic E-state index is 0.508. The van der Waals surface area contributed by atoms with Gasteiger partial charge in [-0.1, -0.05) is 0 Å². The maximum atomic E-state index is 10.2. The van der Waals surface area contributed by atoms with Crippen molar-refractivity contribution >= 4 is 0 Å². The topological polar surface area (TPSA) is 50.9 Å². The predicted octanol–water partition coefficient (Wildman–Crippen LogP) is 1.71. The van der Waals surface area contributed by atoms with Gasteiger partial charge in [0.2, 0.25) is 0 Å². The molecule has 0 spiro atoms. The third-order valence-electron chi connectivity index (χ3n) is 2.81. The van der Waals surface area contributed by atoms with Gasteiger partial charge in [-0.3, -0.25) is 9.67 Å². The lowest BCUT2D eigenvalue weighted by Crippen LogP contribution is -2.06. The maximum Gasteiger partial charge on any atom is 0.0846 e. The molecule has 1 N–H and O–H groups in total. The first-order valence-electron chi connectivity index (χ1n) is 5.66. The van der Waals surface area contributed by atoms with E-state index in [2.05, 4.69) is 10.1 Å². The second-order valence-corrected chi connectivity index (χ2v) is 4.35. The molecule has 0 amide bonds. The molecule has 0 aliphatic carbocycles. The maximum absolute atomic E-state index is 10.2. The number of aryl methyl sites for hydroxylation is 3. The zero-order valence-corrected chi connectivity index (χ0v) is 10.4. The monoisotopic (exact) mass is 231 g/mol. The molecule has 2 aromatic heterocycles. The summed E-state index contributed by atoms with van der Waals surface area (Å²) in [5.41, 5.74) is 3.82. The molecule has 0 bridgehead atoms. The van der Waals surface area contributed by atoms with Crippen molar-refractivity contribution in [1.82, 2.24) is 14.8 Å².